The Balaban J connectivity index is 0.723. The Morgan fingerprint density at radius 3 is 2.57 bits per heavy atom. The van der Waals surface area contributed by atoms with Gasteiger partial charge in [-0.1, -0.05) is 54.9 Å². The monoisotopic (exact) mass is 1030 g/mol. The summed E-state index contributed by atoms with van der Waals surface area (Å²) in [6.45, 7) is 6.44. The van der Waals surface area contributed by atoms with E-state index in [1.54, 1.807) is 39.5 Å². The summed E-state index contributed by atoms with van der Waals surface area (Å²) in [6.07, 6.45) is 2.53. The van der Waals surface area contributed by atoms with Gasteiger partial charge in [0.15, 0.2) is 22.8 Å². The second kappa shape index (κ2) is 16.5. The molecule has 4 N–H and O–H groups in total. The molecule has 7 unspecified atom stereocenters. The van der Waals surface area contributed by atoms with Crippen LogP contribution in [0, 0.1) is 17.3 Å². The van der Waals surface area contributed by atoms with E-state index in [2.05, 4.69) is 34.6 Å². The Hall–Kier alpha value is -6.54. The number of imide groups is 1. The van der Waals surface area contributed by atoms with E-state index in [0.717, 1.165) is 40.8 Å². The van der Waals surface area contributed by atoms with E-state index < -0.39 is 46.1 Å². The second-order valence-electron chi connectivity index (χ2n) is 20.9. The molecule has 13 rings (SSSR count). The van der Waals surface area contributed by atoms with Gasteiger partial charge in [0.25, 0.3) is 11.9 Å². The molecule has 0 spiro atoms. The summed E-state index contributed by atoms with van der Waals surface area (Å²) in [5, 5.41) is 26.7. The van der Waals surface area contributed by atoms with Gasteiger partial charge in [-0.2, -0.15) is 9.29 Å². The van der Waals surface area contributed by atoms with E-state index in [0.29, 0.717) is 63.1 Å². The van der Waals surface area contributed by atoms with E-state index in [4.69, 9.17) is 30.8 Å². The number of anilines is 3. The number of amides is 3. The van der Waals surface area contributed by atoms with Crippen molar-refractivity contribution in [2.24, 2.45) is 17.3 Å². The number of aliphatic carboxylic acids is 1. The number of hydrogen-bond acceptors (Lipinski definition) is 13. The first-order valence-corrected chi connectivity index (χ1v) is 26.8. The number of carboxylic acids is 2. The maximum atomic E-state index is 14.3. The van der Waals surface area contributed by atoms with Crippen molar-refractivity contribution in [3.05, 3.63) is 99.4 Å². The van der Waals surface area contributed by atoms with E-state index in [-0.39, 0.29) is 81.9 Å². The number of carbonyl (C=O) groups is 5. The van der Waals surface area contributed by atoms with Crippen LogP contribution < -0.4 is 25.2 Å². The summed E-state index contributed by atoms with van der Waals surface area (Å²) in [4.78, 5) is 70.9. The highest BCUT2D eigenvalue weighted by molar-refractivity contribution is 7.88. The highest BCUT2D eigenvalue weighted by atomic mass is 35.5. The van der Waals surface area contributed by atoms with E-state index in [1.165, 1.54) is 5.56 Å². The molecule has 2 aliphatic carbocycles. The van der Waals surface area contributed by atoms with Crippen LogP contribution in [0.25, 0.3) is 32.3 Å². The smallest absolute Gasteiger partial charge is 0.349 e. The fourth-order valence-electron chi connectivity index (χ4n) is 13.2. The fourth-order valence-corrected chi connectivity index (χ4v) is 16.5. The first-order valence-electron chi connectivity index (χ1n) is 24.0. The molecule has 20 heteroatoms. The number of hydrogen-bond donors (Lipinski definition) is 4. The average molecular weight is 1030 g/mol. The van der Waals surface area contributed by atoms with E-state index >= 15 is 0 Å². The standard InChI is InChI=1S/C52H49ClN6O11S2/c1-51(2)21-29(54-28-7-4-6-26(19-28)44-42(53)43(69-23-38(61)62)45(71-44)49(65)66)16-17-58(51)72(67,68)24-25-10-14-36-33(18-25)55-50(70-36)57-22-27-20-52(3)41(46(52)57)39(27)31-11-12-34-40-30(31)8-5-9-32(40)48(64)59(34)35-13-15-37(60)56-47(35)63/h4-12,14,18-19,27,29,35,39,41,46,54H,13,15-17,20-24H2,1-3H3,(H,61,62)(H,65,66)(H,56,60,63). The number of fused-ring (bicyclic) bond motifs is 2. The summed E-state index contributed by atoms with van der Waals surface area (Å²) in [7, 11) is -3.79. The summed E-state index contributed by atoms with van der Waals surface area (Å²) >= 11 is 7.45. The fraction of sp³-hybridized carbons (Fsp3) is 0.385. The lowest BCUT2D eigenvalue weighted by Gasteiger charge is -2.45. The number of thiophene rings is 1. The van der Waals surface area contributed by atoms with Crippen LogP contribution in [-0.4, -0.2) is 101 Å². The van der Waals surface area contributed by atoms with Gasteiger partial charge in [0.2, 0.25) is 21.8 Å². The van der Waals surface area contributed by atoms with Crippen molar-refractivity contribution in [1.29, 1.82) is 0 Å². The third kappa shape index (κ3) is 7.36. The predicted octanol–water partition coefficient (Wildman–Crippen LogP) is 8.10. The summed E-state index contributed by atoms with van der Waals surface area (Å²) < 4.78 is 41.8. The van der Waals surface area contributed by atoms with Crippen LogP contribution in [0.5, 0.6) is 5.75 Å². The number of aromatic nitrogens is 1. The van der Waals surface area contributed by atoms with Gasteiger partial charge in [-0.25, -0.2) is 18.0 Å². The van der Waals surface area contributed by atoms with Gasteiger partial charge in [0, 0.05) is 53.8 Å². The lowest BCUT2D eigenvalue weighted by atomic mass is 9.78. The van der Waals surface area contributed by atoms with Crippen molar-refractivity contribution in [3.8, 4) is 16.2 Å². The molecule has 72 heavy (non-hydrogen) atoms. The first-order chi connectivity index (χ1) is 34.3. The third-order valence-electron chi connectivity index (χ3n) is 16.0. The second-order valence-corrected chi connectivity index (χ2v) is 24.2. The molecule has 0 radical (unpaired) electrons. The number of carbonyl (C=O) groups excluding carboxylic acids is 3. The van der Waals surface area contributed by atoms with Crippen LogP contribution in [0.15, 0.2) is 77.2 Å². The quantitative estimate of drug-likeness (QED) is 0.0802. The SMILES string of the molecule is CC12CC3CN(c4nc5cc(CS(=O)(=O)N6CCC(Nc7cccc(-c8sc(C(=O)O)c(OCC(=O)O)c8Cl)c7)CC6(C)C)ccc5o4)C1C2C3c1ccc2c3c(cccc13)C(=O)N2C1CCC(=O)NC1=O. The summed E-state index contributed by atoms with van der Waals surface area (Å²) in [5.74, 6) is -3.11. The number of benzene rings is 4. The zero-order valence-electron chi connectivity index (χ0n) is 39.3. The number of piperidine rings is 4. The lowest BCUT2D eigenvalue weighted by Crippen LogP contribution is -2.55. The van der Waals surface area contributed by atoms with Gasteiger partial charge in [-0.05, 0) is 121 Å². The molecule has 7 aliphatic rings. The average Bonchev–Trinajstić information content (AvgIpc) is 3.69. The summed E-state index contributed by atoms with van der Waals surface area (Å²) in [5.41, 5.74) is 4.87. The van der Waals surface area contributed by atoms with Crippen molar-refractivity contribution in [2.75, 3.05) is 34.8 Å². The number of nitrogens with one attached hydrogen (secondary N) is 2. The van der Waals surface area contributed by atoms with Crippen LogP contribution in [0.4, 0.5) is 17.4 Å². The molecule has 4 aromatic carbocycles. The normalized spacial score (nSPS) is 26.4. The number of rotatable bonds is 13. The maximum Gasteiger partial charge on any atom is 0.349 e. The zero-order valence-corrected chi connectivity index (χ0v) is 41.7. The first kappa shape index (κ1) is 46.5. The molecule has 372 valence electrons. The number of sulfonamides is 1. The van der Waals surface area contributed by atoms with Gasteiger partial charge < -0.3 is 29.6 Å². The van der Waals surface area contributed by atoms with Gasteiger partial charge in [-0.3, -0.25) is 24.6 Å². The Morgan fingerprint density at radius 1 is 1.01 bits per heavy atom. The molecule has 6 fully saturated rings. The molecule has 17 nitrogen and oxygen atoms in total. The van der Waals surface area contributed by atoms with Crippen molar-refractivity contribution in [1.82, 2.24) is 14.6 Å². The minimum atomic E-state index is -3.79. The number of aromatic carboxylic acids is 1. The highest BCUT2D eigenvalue weighted by Crippen LogP contribution is 2.76. The van der Waals surface area contributed by atoms with Crippen LogP contribution >= 0.6 is 22.9 Å². The Kier molecular flexibility index (Phi) is 10.7. The van der Waals surface area contributed by atoms with Crippen LogP contribution in [-0.2, 0) is 30.2 Å². The van der Waals surface area contributed by atoms with Gasteiger partial charge >= 0.3 is 11.9 Å². The number of ether oxygens (including phenoxy) is 1. The zero-order chi connectivity index (χ0) is 50.3. The Morgan fingerprint density at radius 2 is 1.82 bits per heavy atom. The molecule has 7 heterocycles. The van der Waals surface area contributed by atoms with Gasteiger partial charge in [0.1, 0.15) is 16.6 Å². The molecule has 5 aliphatic heterocycles. The summed E-state index contributed by atoms with van der Waals surface area (Å²) in [6, 6.07) is 22.4. The largest absolute Gasteiger partial charge is 0.479 e. The van der Waals surface area contributed by atoms with Crippen molar-refractivity contribution < 1.29 is 51.8 Å². The molecule has 6 aromatic rings. The van der Waals surface area contributed by atoms with Gasteiger partial charge in [0.05, 0.1) is 16.3 Å². The van der Waals surface area contributed by atoms with Crippen molar-refractivity contribution in [3.63, 3.8) is 0 Å². The number of oxazole rings is 1. The van der Waals surface area contributed by atoms with Crippen LogP contribution in [0.2, 0.25) is 5.02 Å². The van der Waals surface area contributed by atoms with Crippen molar-refractivity contribution in [2.45, 2.75) is 88.2 Å². The predicted molar refractivity (Wildman–Crippen MR) is 269 cm³/mol. The van der Waals surface area contributed by atoms with E-state index in [9.17, 15) is 37.5 Å². The Bertz CT molecular complexity index is 3480. The molecule has 4 saturated heterocycles. The van der Waals surface area contributed by atoms with Crippen LogP contribution in [0.3, 0.4) is 0 Å². The maximum absolute atomic E-state index is 14.3. The molecule has 2 saturated carbocycles. The minimum Gasteiger partial charge on any atom is -0.479 e. The molecular weight excluding hydrogens is 984 g/mol. The third-order valence-corrected chi connectivity index (χ3v) is 19.7. The lowest BCUT2D eigenvalue weighted by molar-refractivity contribution is -0.139. The number of halogens is 1. The number of nitrogens with zero attached hydrogens (tertiary/aromatic N) is 4. The van der Waals surface area contributed by atoms with E-state index in [1.807, 2.05) is 44.2 Å². The van der Waals surface area contributed by atoms with Gasteiger partial charge in [-0.15, -0.1) is 11.3 Å². The Labute approximate surface area is 422 Å². The van der Waals surface area contributed by atoms with Crippen molar-refractivity contribution >= 4 is 102 Å². The molecule has 3 amide bonds. The molecule has 7 atom stereocenters. The molecule has 4 bridgehead atoms. The molecule has 2 aromatic heterocycles. The topological polar surface area (TPSA) is 229 Å². The van der Waals surface area contributed by atoms with Crippen LogP contribution in [0.1, 0.15) is 89.9 Å². The molecular formula is C52H49ClN6O11S2. The minimum absolute atomic E-state index is 0.00802. The number of carboxylic acid groups (broad SMARTS) is 2. The highest BCUT2D eigenvalue weighted by Gasteiger charge is 2.76.